The van der Waals surface area contributed by atoms with Gasteiger partial charge in [0.2, 0.25) is 0 Å². The normalized spacial score (nSPS) is 9.90. The molecule has 0 bridgehead atoms. The van der Waals surface area contributed by atoms with Gasteiger partial charge in [0.15, 0.2) is 0 Å². The van der Waals surface area contributed by atoms with Gasteiger partial charge in [-0.3, -0.25) is 4.79 Å². The summed E-state index contributed by atoms with van der Waals surface area (Å²) in [5, 5.41) is 3.63. The summed E-state index contributed by atoms with van der Waals surface area (Å²) in [7, 11) is 1.59. The number of amides is 1. The molecule has 0 atom stereocenters. The van der Waals surface area contributed by atoms with Crippen molar-refractivity contribution in [2.75, 3.05) is 19.4 Å². The second-order valence-corrected chi connectivity index (χ2v) is 5.16. The van der Waals surface area contributed by atoms with E-state index in [2.05, 4.69) is 17.2 Å². The van der Waals surface area contributed by atoms with Gasteiger partial charge in [-0.15, -0.1) is 23.2 Å². The number of rotatable bonds is 4. The van der Waals surface area contributed by atoms with E-state index in [1.807, 2.05) is 18.2 Å². The molecular formula is C15H16N2O2S. The monoisotopic (exact) mass is 288 g/mol. The molecule has 0 saturated carbocycles. The number of hydrogen-bond donors (Lipinski definition) is 2. The Kier molecular flexibility index (Phi) is 4.49. The quantitative estimate of drug-likeness (QED) is 0.671. The van der Waals surface area contributed by atoms with Crippen LogP contribution in [-0.2, 0) is 0 Å². The summed E-state index contributed by atoms with van der Waals surface area (Å²) >= 11 is 1.37. The smallest absolute Gasteiger partial charge is 0.263 e. The summed E-state index contributed by atoms with van der Waals surface area (Å²) in [5.74, 6) is 6.22. The average Bonchev–Trinajstić information content (AvgIpc) is 2.81. The van der Waals surface area contributed by atoms with Crippen molar-refractivity contribution in [2.24, 2.45) is 0 Å². The van der Waals surface area contributed by atoms with Crippen LogP contribution in [0.4, 0.5) is 5.69 Å². The van der Waals surface area contributed by atoms with Gasteiger partial charge in [-0.1, -0.05) is 6.07 Å². The molecule has 0 aliphatic heterocycles. The summed E-state index contributed by atoms with van der Waals surface area (Å²) in [4.78, 5) is 12.7. The van der Waals surface area contributed by atoms with Crippen LogP contribution in [0.5, 0.6) is 5.75 Å². The van der Waals surface area contributed by atoms with E-state index < -0.39 is 0 Å². The zero-order chi connectivity index (χ0) is 14.5. The van der Waals surface area contributed by atoms with Crippen LogP contribution in [-0.4, -0.2) is 19.6 Å². The fourth-order valence-corrected chi connectivity index (χ4v) is 2.98. The molecule has 0 unspecified atom stereocenters. The molecule has 0 radical (unpaired) electrons. The fraction of sp³-hybridized carbons (Fsp3) is 0.267. The highest BCUT2D eigenvalue weighted by Crippen LogP contribution is 2.39. The largest absolute Gasteiger partial charge is 0.496 e. The molecule has 0 spiro atoms. The van der Waals surface area contributed by atoms with Crippen LogP contribution in [0.3, 0.4) is 0 Å². The van der Waals surface area contributed by atoms with Gasteiger partial charge in [-0.2, -0.15) is 0 Å². The molecule has 4 nitrogen and oxygen atoms in total. The van der Waals surface area contributed by atoms with E-state index in [4.69, 9.17) is 10.5 Å². The van der Waals surface area contributed by atoms with Crippen LogP contribution in [0.25, 0.3) is 10.1 Å². The molecule has 2 aromatic rings. The molecule has 0 fully saturated rings. The van der Waals surface area contributed by atoms with Crippen LogP contribution in [0.15, 0.2) is 18.2 Å². The van der Waals surface area contributed by atoms with E-state index in [-0.39, 0.29) is 5.91 Å². The lowest BCUT2D eigenvalue weighted by atomic mass is 10.2. The lowest BCUT2D eigenvalue weighted by Crippen LogP contribution is -2.24. The predicted molar refractivity (Wildman–Crippen MR) is 83.2 cm³/mol. The third-order valence-electron chi connectivity index (χ3n) is 2.85. The summed E-state index contributed by atoms with van der Waals surface area (Å²) in [6.07, 6.45) is 0.635. The fourth-order valence-electron chi connectivity index (χ4n) is 1.92. The van der Waals surface area contributed by atoms with Crippen LogP contribution in [0.1, 0.15) is 23.0 Å². The van der Waals surface area contributed by atoms with E-state index in [1.165, 1.54) is 11.3 Å². The van der Waals surface area contributed by atoms with Gasteiger partial charge >= 0.3 is 0 Å². The molecule has 1 aromatic heterocycles. The van der Waals surface area contributed by atoms with Crippen molar-refractivity contribution < 1.29 is 9.53 Å². The lowest BCUT2D eigenvalue weighted by molar-refractivity contribution is 0.0959. The maximum Gasteiger partial charge on any atom is 0.263 e. The molecule has 1 amide bonds. The molecule has 2 rings (SSSR count). The van der Waals surface area contributed by atoms with E-state index >= 15 is 0 Å². The van der Waals surface area contributed by atoms with Gasteiger partial charge in [0.25, 0.3) is 5.91 Å². The number of hydrogen-bond acceptors (Lipinski definition) is 4. The van der Waals surface area contributed by atoms with Crippen molar-refractivity contribution in [1.82, 2.24) is 5.32 Å². The summed E-state index contributed by atoms with van der Waals surface area (Å²) in [5.41, 5.74) is 6.56. The van der Waals surface area contributed by atoms with Crippen molar-refractivity contribution in [3.05, 3.63) is 23.1 Å². The Morgan fingerprint density at radius 1 is 1.50 bits per heavy atom. The average molecular weight is 288 g/mol. The SMILES string of the molecule is CC#CCCNC(=O)c1sc2cccc(OC)c2c1N. The Morgan fingerprint density at radius 2 is 2.30 bits per heavy atom. The number of anilines is 1. The number of methoxy groups -OCH3 is 1. The van der Waals surface area contributed by atoms with Crippen molar-refractivity contribution in [3.8, 4) is 17.6 Å². The summed E-state index contributed by atoms with van der Waals surface area (Å²) < 4.78 is 6.24. The number of thiophene rings is 1. The van der Waals surface area contributed by atoms with Crippen LogP contribution in [0, 0.1) is 11.8 Å². The Bertz CT molecular complexity index is 695. The van der Waals surface area contributed by atoms with Crippen LogP contribution in [0.2, 0.25) is 0 Å². The van der Waals surface area contributed by atoms with Gasteiger partial charge in [0.1, 0.15) is 10.6 Å². The molecule has 1 heterocycles. The number of carbonyl (C=O) groups is 1. The van der Waals surface area contributed by atoms with Crippen molar-refractivity contribution >= 4 is 33.0 Å². The number of carbonyl (C=O) groups excluding carboxylic acids is 1. The number of benzene rings is 1. The number of nitrogen functional groups attached to an aromatic ring is 1. The molecule has 0 saturated heterocycles. The first-order valence-corrected chi connectivity index (χ1v) is 7.03. The second-order valence-electron chi connectivity index (χ2n) is 4.11. The molecule has 0 aliphatic rings. The first-order chi connectivity index (χ1) is 9.69. The van der Waals surface area contributed by atoms with E-state index in [0.29, 0.717) is 29.3 Å². The molecule has 3 N–H and O–H groups in total. The Balaban J connectivity index is 2.28. The summed E-state index contributed by atoms with van der Waals surface area (Å²) in [6, 6.07) is 5.65. The van der Waals surface area contributed by atoms with Crippen LogP contribution < -0.4 is 15.8 Å². The van der Waals surface area contributed by atoms with Crippen molar-refractivity contribution in [2.45, 2.75) is 13.3 Å². The topological polar surface area (TPSA) is 64.3 Å². The van der Waals surface area contributed by atoms with Gasteiger partial charge in [-0.25, -0.2) is 0 Å². The van der Waals surface area contributed by atoms with E-state index in [1.54, 1.807) is 14.0 Å². The Labute approximate surface area is 121 Å². The minimum atomic E-state index is -0.163. The lowest BCUT2D eigenvalue weighted by Gasteiger charge is -2.03. The molecule has 1 aromatic carbocycles. The maximum absolute atomic E-state index is 12.1. The highest BCUT2D eigenvalue weighted by molar-refractivity contribution is 7.21. The molecule has 104 valence electrons. The molecular weight excluding hydrogens is 272 g/mol. The number of ether oxygens (including phenoxy) is 1. The minimum absolute atomic E-state index is 0.163. The highest BCUT2D eigenvalue weighted by Gasteiger charge is 2.18. The zero-order valence-corrected chi connectivity index (χ0v) is 12.3. The maximum atomic E-state index is 12.1. The molecule has 5 heteroatoms. The summed E-state index contributed by atoms with van der Waals surface area (Å²) in [6.45, 7) is 2.29. The van der Waals surface area contributed by atoms with Crippen LogP contribution >= 0.6 is 11.3 Å². The van der Waals surface area contributed by atoms with Gasteiger partial charge in [0, 0.05) is 17.7 Å². The number of nitrogens with one attached hydrogen (secondary N) is 1. The molecule has 0 aliphatic carbocycles. The standard InChI is InChI=1S/C15H16N2O2S/c1-3-4-5-9-17-15(18)14-13(16)12-10(19-2)7-6-8-11(12)20-14/h6-8H,5,9,16H2,1-2H3,(H,17,18). The zero-order valence-electron chi connectivity index (χ0n) is 11.4. The minimum Gasteiger partial charge on any atom is -0.496 e. The first-order valence-electron chi connectivity index (χ1n) is 6.21. The van der Waals surface area contributed by atoms with E-state index in [9.17, 15) is 4.79 Å². The van der Waals surface area contributed by atoms with Crippen molar-refractivity contribution in [1.29, 1.82) is 0 Å². The van der Waals surface area contributed by atoms with Gasteiger partial charge < -0.3 is 15.8 Å². The molecule has 20 heavy (non-hydrogen) atoms. The third kappa shape index (κ3) is 2.70. The predicted octanol–water partition coefficient (Wildman–Crippen LogP) is 2.64. The van der Waals surface area contributed by atoms with Gasteiger partial charge in [-0.05, 0) is 19.1 Å². The third-order valence-corrected chi connectivity index (χ3v) is 4.02. The van der Waals surface area contributed by atoms with E-state index in [0.717, 1.165) is 10.1 Å². The Hall–Kier alpha value is -2.19. The highest BCUT2D eigenvalue weighted by atomic mass is 32.1. The second kappa shape index (κ2) is 6.31. The van der Waals surface area contributed by atoms with Crippen molar-refractivity contribution in [3.63, 3.8) is 0 Å². The number of nitrogens with two attached hydrogens (primary N) is 1. The Morgan fingerprint density at radius 3 is 3.00 bits per heavy atom. The van der Waals surface area contributed by atoms with Gasteiger partial charge in [0.05, 0.1) is 18.2 Å². The first kappa shape index (κ1) is 14.2. The number of fused-ring (bicyclic) bond motifs is 1.